The lowest BCUT2D eigenvalue weighted by molar-refractivity contribution is 0.268. The van der Waals surface area contributed by atoms with Gasteiger partial charge in [-0.15, -0.1) is 0 Å². The zero-order valence-corrected chi connectivity index (χ0v) is 12.8. The maximum absolute atomic E-state index is 6.07. The molecule has 6 heteroatoms. The van der Waals surface area contributed by atoms with Crippen molar-refractivity contribution < 1.29 is 0 Å². The minimum Gasteiger partial charge on any atom is -0.349 e. The Morgan fingerprint density at radius 2 is 1.85 bits per heavy atom. The van der Waals surface area contributed by atoms with Crippen molar-refractivity contribution in [3.05, 3.63) is 5.28 Å². The summed E-state index contributed by atoms with van der Waals surface area (Å²) in [5.74, 6) is 1.35. The van der Waals surface area contributed by atoms with Crippen LogP contribution in [0.25, 0.3) is 0 Å². The van der Waals surface area contributed by atoms with E-state index >= 15 is 0 Å². The summed E-state index contributed by atoms with van der Waals surface area (Å²) in [6.45, 7) is 4.23. The van der Waals surface area contributed by atoms with Crippen molar-refractivity contribution in [2.45, 2.75) is 57.4 Å². The molecule has 20 heavy (non-hydrogen) atoms. The maximum atomic E-state index is 6.07. The Kier molecular flexibility index (Phi) is 3.96. The van der Waals surface area contributed by atoms with E-state index in [1.807, 2.05) is 0 Å². The quantitative estimate of drug-likeness (QED) is 0.924. The Bertz CT molecular complexity index is 463. The molecule has 1 aromatic heterocycles. The summed E-state index contributed by atoms with van der Waals surface area (Å²) in [4.78, 5) is 15.3. The molecule has 1 aromatic rings. The predicted molar refractivity (Wildman–Crippen MR) is 81.4 cm³/mol. The number of anilines is 2. The van der Waals surface area contributed by atoms with Gasteiger partial charge in [0.25, 0.3) is 0 Å². The highest BCUT2D eigenvalue weighted by Crippen LogP contribution is 2.37. The fourth-order valence-electron chi connectivity index (χ4n) is 3.04. The molecule has 0 unspecified atom stereocenters. The summed E-state index contributed by atoms with van der Waals surface area (Å²) in [6, 6.07) is 0. The van der Waals surface area contributed by atoms with E-state index in [0.717, 1.165) is 25.5 Å². The largest absolute Gasteiger partial charge is 0.349 e. The molecule has 1 aliphatic carbocycles. The van der Waals surface area contributed by atoms with Crippen LogP contribution in [0.5, 0.6) is 0 Å². The first-order chi connectivity index (χ1) is 9.71. The number of hydrogen-bond acceptors (Lipinski definition) is 5. The number of rotatable bonds is 4. The van der Waals surface area contributed by atoms with Crippen molar-refractivity contribution in [3.63, 3.8) is 0 Å². The van der Waals surface area contributed by atoms with Crippen molar-refractivity contribution in [2.24, 2.45) is 0 Å². The highest BCUT2D eigenvalue weighted by molar-refractivity contribution is 6.28. The zero-order valence-electron chi connectivity index (χ0n) is 12.0. The molecule has 2 heterocycles. The monoisotopic (exact) mass is 295 g/mol. The van der Waals surface area contributed by atoms with E-state index in [1.165, 1.54) is 38.5 Å². The summed E-state index contributed by atoms with van der Waals surface area (Å²) >= 11 is 6.07. The van der Waals surface area contributed by atoms with E-state index in [-0.39, 0.29) is 10.8 Å². The second kappa shape index (κ2) is 5.72. The molecule has 0 bridgehead atoms. The molecule has 0 radical (unpaired) electrons. The smallest absolute Gasteiger partial charge is 0.231 e. The molecule has 110 valence electrons. The number of hydrogen-bond donors (Lipinski definition) is 1. The van der Waals surface area contributed by atoms with Crippen LogP contribution in [-0.2, 0) is 0 Å². The SMILES string of the molecule is CCC1(Nc2nc(Cl)nc(N3CCCCC3)n2)CCC1. The molecule has 0 amide bonds. The summed E-state index contributed by atoms with van der Waals surface area (Å²) < 4.78 is 0. The first kappa shape index (κ1) is 13.9. The van der Waals surface area contributed by atoms with E-state index in [4.69, 9.17) is 11.6 Å². The second-order valence-electron chi connectivity index (χ2n) is 5.89. The van der Waals surface area contributed by atoms with Gasteiger partial charge in [-0.3, -0.25) is 0 Å². The van der Waals surface area contributed by atoms with Gasteiger partial charge in [0.1, 0.15) is 0 Å². The van der Waals surface area contributed by atoms with Gasteiger partial charge < -0.3 is 10.2 Å². The summed E-state index contributed by atoms with van der Waals surface area (Å²) in [7, 11) is 0. The Hall–Kier alpha value is -1.10. The molecule has 1 aliphatic heterocycles. The van der Waals surface area contributed by atoms with Crippen LogP contribution in [0, 0.1) is 0 Å². The van der Waals surface area contributed by atoms with Crippen LogP contribution in [0.1, 0.15) is 51.9 Å². The highest BCUT2D eigenvalue weighted by atomic mass is 35.5. The Balaban J connectivity index is 1.79. The minimum atomic E-state index is 0.170. The van der Waals surface area contributed by atoms with Gasteiger partial charge in [-0.25, -0.2) is 0 Å². The molecule has 1 saturated heterocycles. The first-order valence-electron chi connectivity index (χ1n) is 7.65. The predicted octanol–water partition coefficient (Wildman–Crippen LogP) is 3.26. The number of nitrogens with zero attached hydrogens (tertiary/aromatic N) is 4. The van der Waals surface area contributed by atoms with Crippen LogP contribution < -0.4 is 10.2 Å². The van der Waals surface area contributed by atoms with Gasteiger partial charge >= 0.3 is 0 Å². The fraction of sp³-hybridized carbons (Fsp3) is 0.786. The van der Waals surface area contributed by atoms with E-state index in [9.17, 15) is 0 Å². The first-order valence-corrected chi connectivity index (χ1v) is 8.03. The Morgan fingerprint density at radius 1 is 1.10 bits per heavy atom. The number of nitrogens with one attached hydrogen (secondary N) is 1. The maximum Gasteiger partial charge on any atom is 0.231 e. The average Bonchev–Trinajstić information content (AvgIpc) is 2.43. The van der Waals surface area contributed by atoms with E-state index in [0.29, 0.717) is 5.95 Å². The molecule has 5 nitrogen and oxygen atoms in total. The molecule has 0 spiro atoms. The van der Waals surface area contributed by atoms with Gasteiger partial charge in [0.15, 0.2) is 0 Å². The summed E-state index contributed by atoms with van der Waals surface area (Å²) in [5, 5.41) is 3.77. The Labute approximate surface area is 125 Å². The van der Waals surface area contributed by atoms with Crippen molar-refractivity contribution in [3.8, 4) is 0 Å². The number of aromatic nitrogens is 3. The Morgan fingerprint density at radius 3 is 2.45 bits per heavy atom. The lowest BCUT2D eigenvalue weighted by Gasteiger charge is -2.42. The van der Waals surface area contributed by atoms with Gasteiger partial charge in [0.05, 0.1) is 0 Å². The number of piperidine rings is 1. The van der Waals surface area contributed by atoms with Crippen LogP contribution >= 0.6 is 11.6 Å². The average molecular weight is 296 g/mol. The minimum absolute atomic E-state index is 0.170. The second-order valence-corrected chi connectivity index (χ2v) is 6.23. The molecule has 2 aliphatic rings. The standard InChI is InChI=1S/C14H22ClN5/c1-2-14(7-6-8-14)19-12-16-11(15)17-13(18-12)20-9-4-3-5-10-20/h2-10H2,1H3,(H,16,17,18,19). The summed E-state index contributed by atoms with van der Waals surface area (Å²) in [6.07, 6.45) is 8.43. The third-order valence-electron chi connectivity index (χ3n) is 4.60. The molecule has 0 atom stereocenters. The topological polar surface area (TPSA) is 53.9 Å². The van der Waals surface area contributed by atoms with Crippen LogP contribution in [0.4, 0.5) is 11.9 Å². The summed E-state index contributed by atoms with van der Waals surface area (Å²) in [5.41, 5.74) is 0.170. The van der Waals surface area contributed by atoms with Crippen molar-refractivity contribution in [1.82, 2.24) is 15.0 Å². The lowest BCUT2D eigenvalue weighted by Crippen LogP contribution is -2.45. The molecular weight excluding hydrogens is 274 g/mol. The van der Waals surface area contributed by atoms with Gasteiger partial charge in [-0.2, -0.15) is 15.0 Å². The van der Waals surface area contributed by atoms with E-state index in [1.54, 1.807) is 0 Å². The van der Waals surface area contributed by atoms with Gasteiger partial charge in [0, 0.05) is 18.6 Å². The number of halogens is 1. The lowest BCUT2D eigenvalue weighted by atomic mass is 9.75. The van der Waals surface area contributed by atoms with Gasteiger partial charge in [-0.05, 0) is 56.5 Å². The van der Waals surface area contributed by atoms with Crippen LogP contribution in [0.15, 0.2) is 0 Å². The molecule has 1 N–H and O–H groups in total. The normalized spacial score (nSPS) is 21.4. The van der Waals surface area contributed by atoms with Gasteiger partial charge in [-0.1, -0.05) is 6.92 Å². The molecule has 0 aromatic carbocycles. The highest BCUT2D eigenvalue weighted by Gasteiger charge is 2.35. The van der Waals surface area contributed by atoms with Crippen LogP contribution in [0.2, 0.25) is 5.28 Å². The molecule has 3 rings (SSSR count). The van der Waals surface area contributed by atoms with Crippen molar-refractivity contribution in [1.29, 1.82) is 0 Å². The van der Waals surface area contributed by atoms with Gasteiger partial charge in [0.2, 0.25) is 17.2 Å². The van der Waals surface area contributed by atoms with Crippen molar-refractivity contribution in [2.75, 3.05) is 23.3 Å². The zero-order chi connectivity index (χ0) is 14.0. The van der Waals surface area contributed by atoms with E-state index in [2.05, 4.69) is 32.1 Å². The van der Waals surface area contributed by atoms with E-state index < -0.39 is 0 Å². The fourth-order valence-corrected chi connectivity index (χ4v) is 3.19. The molecule has 1 saturated carbocycles. The molecule has 2 fully saturated rings. The third-order valence-corrected chi connectivity index (χ3v) is 4.77. The molecular formula is C14H22ClN5. The van der Waals surface area contributed by atoms with Crippen LogP contribution in [0.3, 0.4) is 0 Å². The third kappa shape index (κ3) is 2.82. The van der Waals surface area contributed by atoms with Crippen molar-refractivity contribution >= 4 is 23.5 Å². The van der Waals surface area contributed by atoms with Crippen LogP contribution in [-0.4, -0.2) is 33.6 Å².